The average Bonchev–Trinajstić information content (AvgIpc) is 2.15. The lowest BCUT2D eigenvalue weighted by atomic mass is 9.58. The van der Waals surface area contributed by atoms with Gasteiger partial charge in [0, 0.05) is 0 Å². The van der Waals surface area contributed by atoms with Crippen LogP contribution in [0.25, 0.3) is 0 Å². The highest BCUT2D eigenvalue weighted by atomic mass is 16.3. The molecule has 0 unspecified atom stereocenters. The number of allylic oxidation sites excluding steroid dienone is 2. The van der Waals surface area contributed by atoms with Gasteiger partial charge < -0.3 is 5.11 Å². The van der Waals surface area contributed by atoms with Crippen LogP contribution in [0.4, 0.5) is 0 Å². The summed E-state index contributed by atoms with van der Waals surface area (Å²) in [6.07, 6.45) is 6.28. The molecule has 1 N–H and O–H groups in total. The van der Waals surface area contributed by atoms with Crippen molar-refractivity contribution in [3.8, 4) is 0 Å². The maximum atomic E-state index is 9.88. The van der Waals surface area contributed by atoms with Crippen LogP contribution in [-0.4, -0.2) is 11.2 Å². The Morgan fingerprint density at radius 3 is 2.75 bits per heavy atom. The molecule has 2 aliphatic carbocycles. The van der Waals surface area contributed by atoms with E-state index in [0.717, 1.165) is 19.3 Å². The number of rotatable bonds is 1. The molecule has 2 rings (SSSR count). The van der Waals surface area contributed by atoms with E-state index in [4.69, 9.17) is 0 Å². The predicted octanol–water partition coefficient (Wildman–Crippen LogP) is 3.70. The van der Waals surface area contributed by atoms with Crippen molar-refractivity contribution in [2.45, 2.75) is 52.6 Å². The van der Waals surface area contributed by atoms with Crippen LogP contribution < -0.4 is 0 Å². The molecule has 1 fully saturated rings. The summed E-state index contributed by atoms with van der Waals surface area (Å²) in [5.74, 6) is 1.25. The fourth-order valence-electron chi connectivity index (χ4n) is 3.46. The molecule has 0 radical (unpaired) electrons. The fraction of sp³-hybridized carbons (Fsp3) is 0.733. The minimum Gasteiger partial charge on any atom is -0.393 e. The molecule has 0 heterocycles. The monoisotopic (exact) mass is 220 g/mol. The Morgan fingerprint density at radius 2 is 2.12 bits per heavy atom. The Kier molecular flexibility index (Phi) is 3.00. The smallest absolute Gasteiger partial charge is 0.0582 e. The Hall–Kier alpha value is -0.560. The molecular formula is C15H24O. The first-order valence-corrected chi connectivity index (χ1v) is 6.47. The van der Waals surface area contributed by atoms with Gasteiger partial charge in [0.1, 0.15) is 0 Å². The lowest BCUT2D eigenvalue weighted by Gasteiger charge is -2.47. The van der Waals surface area contributed by atoms with Crippen LogP contribution in [0.1, 0.15) is 46.5 Å². The SMILES string of the molecule is C=C1C[C@@H](O)C[C@@]2(C)CC=C(C(C)C)C[C@H]12. The molecule has 0 spiro atoms. The van der Waals surface area contributed by atoms with Crippen molar-refractivity contribution in [2.75, 3.05) is 0 Å². The second kappa shape index (κ2) is 4.03. The van der Waals surface area contributed by atoms with E-state index in [1.807, 2.05) is 0 Å². The standard InChI is InChI=1S/C15H24O/c1-10(2)12-5-6-15(4)9-13(16)7-11(3)14(15)8-12/h5,10,13-14,16H,3,6-9H2,1-2,4H3/t13-,14-,15-/m1/s1. The van der Waals surface area contributed by atoms with Gasteiger partial charge in [-0.25, -0.2) is 0 Å². The highest BCUT2D eigenvalue weighted by Crippen LogP contribution is 2.52. The average molecular weight is 220 g/mol. The number of hydrogen-bond donors (Lipinski definition) is 1. The molecule has 0 bridgehead atoms. The molecule has 0 aromatic carbocycles. The Labute approximate surface area is 99.3 Å². The van der Waals surface area contributed by atoms with Crippen molar-refractivity contribution in [3.05, 3.63) is 23.8 Å². The summed E-state index contributed by atoms with van der Waals surface area (Å²) in [4.78, 5) is 0. The van der Waals surface area contributed by atoms with Crippen molar-refractivity contribution in [2.24, 2.45) is 17.3 Å². The van der Waals surface area contributed by atoms with Gasteiger partial charge in [0.25, 0.3) is 0 Å². The molecule has 1 heteroatoms. The molecule has 0 saturated heterocycles. The summed E-state index contributed by atoms with van der Waals surface area (Å²) < 4.78 is 0. The molecule has 2 aliphatic rings. The van der Waals surface area contributed by atoms with Crippen molar-refractivity contribution >= 4 is 0 Å². The van der Waals surface area contributed by atoms with Crippen molar-refractivity contribution in [1.82, 2.24) is 0 Å². The predicted molar refractivity (Wildman–Crippen MR) is 68.1 cm³/mol. The molecule has 0 aromatic heterocycles. The van der Waals surface area contributed by atoms with E-state index in [1.165, 1.54) is 12.0 Å². The van der Waals surface area contributed by atoms with Crippen LogP contribution in [0.2, 0.25) is 0 Å². The van der Waals surface area contributed by atoms with Crippen molar-refractivity contribution in [1.29, 1.82) is 0 Å². The quantitative estimate of drug-likeness (QED) is 0.668. The van der Waals surface area contributed by atoms with Gasteiger partial charge in [-0.1, -0.05) is 44.6 Å². The zero-order valence-electron chi connectivity index (χ0n) is 10.8. The zero-order valence-corrected chi connectivity index (χ0v) is 10.8. The minimum absolute atomic E-state index is 0.164. The first kappa shape index (κ1) is 11.9. The molecule has 3 atom stereocenters. The first-order valence-electron chi connectivity index (χ1n) is 6.47. The zero-order chi connectivity index (χ0) is 11.9. The molecule has 0 aliphatic heterocycles. The van der Waals surface area contributed by atoms with Crippen LogP contribution in [0.5, 0.6) is 0 Å². The first-order chi connectivity index (χ1) is 7.42. The second-order valence-corrected chi connectivity index (χ2v) is 6.27. The Bertz CT molecular complexity index is 326. The highest BCUT2D eigenvalue weighted by Gasteiger charge is 2.43. The van der Waals surface area contributed by atoms with Gasteiger partial charge in [0.2, 0.25) is 0 Å². The maximum absolute atomic E-state index is 9.88. The van der Waals surface area contributed by atoms with Crippen molar-refractivity contribution in [3.63, 3.8) is 0 Å². The van der Waals surface area contributed by atoms with E-state index < -0.39 is 0 Å². The van der Waals surface area contributed by atoms with E-state index >= 15 is 0 Å². The Balaban J connectivity index is 2.24. The van der Waals surface area contributed by atoms with Crippen LogP contribution in [-0.2, 0) is 0 Å². The molecular weight excluding hydrogens is 196 g/mol. The van der Waals surface area contributed by atoms with Crippen LogP contribution >= 0.6 is 0 Å². The molecule has 90 valence electrons. The van der Waals surface area contributed by atoms with E-state index in [9.17, 15) is 5.11 Å². The van der Waals surface area contributed by atoms with Gasteiger partial charge >= 0.3 is 0 Å². The van der Waals surface area contributed by atoms with Crippen LogP contribution in [0, 0.1) is 17.3 Å². The number of fused-ring (bicyclic) bond motifs is 1. The molecule has 1 saturated carbocycles. The third-order valence-corrected chi connectivity index (χ3v) is 4.55. The number of hydrogen-bond acceptors (Lipinski definition) is 1. The summed E-state index contributed by atoms with van der Waals surface area (Å²) in [5, 5.41) is 9.88. The Morgan fingerprint density at radius 1 is 1.44 bits per heavy atom. The lowest BCUT2D eigenvalue weighted by Crippen LogP contribution is -2.40. The minimum atomic E-state index is -0.164. The summed E-state index contributed by atoms with van der Waals surface area (Å²) in [7, 11) is 0. The molecule has 1 nitrogen and oxygen atoms in total. The topological polar surface area (TPSA) is 20.2 Å². The molecule has 0 amide bonds. The van der Waals surface area contributed by atoms with Gasteiger partial charge in [0.05, 0.1) is 6.10 Å². The van der Waals surface area contributed by atoms with Crippen LogP contribution in [0.3, 0.4) is 0 Å². The summed E-state index contributed by atoms with van der Waals surface area (Å²) in [5.41, 5.74) is 3.11. The fourth-order valence-corrected chi connectivity index (χ4v) is 3.46. The van der Waals surface area contributed by atoms with Gasteiger partial charge in [-0.3, -0.25) is 0 Å². The number of aliphatic hydroxyl groups excluding tert-OH is 1. The van der Waals surface area contributed by atoms with E-state index in [0.29, 0.717) is 11.8 Å². The van der Waals surface area contributed by atoms with E-state index in [-0.39, 0.29) is 11.5 Å². The maximum Gasteiger partial charge on any atom is 0.0582 e. The van der Waals surface area contributed by atoms with E-state index in [2.05, 4.69) is 33.4 Å². The van der Waals surface area contributed by atoms with Gasteiger partial charge in [-0.15, -0.1) is 0 Å². The van der Waals surface area contributed by atoms with E-state index in [1.54, 1.807) is 5.57 Å². The number of aliphatic hydroxyl groups is 1. The summed E-state index contributed by atoms with van der Waals surface area (Å²) >= 11 is 0. The largest absolute Gasteiger partial charge is 0.393 e. The van der Waals surface area contributed by atoms with Gasteiger partial charge in [-0.2, -0.15) is 0 Å². The van der Waals surface area contributed by atoms with Crippen molar-refractivity contribution < 1.29 is 5.11 Å². The molecule has 0 aromatic rings. The second-order valence-electron chi connectivity index (χ2n) is 6.27. The van der Waals surface area contributed by atoms with Gasteiger partial charge in [-0.05, 0) is 42.9 Å². The molecule has 16 heavy (non-hydrogen) atoms. The summed E-state index contributed by atoms with van der Waals surface area (Å²) in [6, 6.07) is 0. The highest BCUT2D eigenvalue weighted by molar-refractivity contribution is 5.23. The lowest BCUT2D eigenvalue weighted by molar-refractivity contribution is 0.0415. The third-order valence-electron chi connectivity index (χ3n) is 4.55. The van der Waals surface area contributed by atoms with Crippen LogP contribution in [0.15, 0.2) is 23.8 Å². The normalized spacial score (nSPS) is 39.6. The summed E-state index contributed by atoms with van der Waals surface area (Å²) in [6.45, 7) is 11.1. The third kappa shape index (κ3) is 1.98. The van der Waals surface area contributed by atoms with Gasteiger partial charge in [0.15, 0.2) is 0 Å².